The van der Waals surface area contributed by atoms with Gasteiger partial charge in [-0.05, 0) is 51.6 Å². The Morgan fingerprint density at radius 2 is 2.10 bits per heavy atom. The Kier molecular flexibility index (Phi) is 8.15. The van der Waals surface area contributed by atoms with Gasteiger partial charge in [0.2, 0.25) is 5.91 Å². The Hall–Kier alpha value is -0.610. The smallest absolute Gasteiger partial charge is 0.248 e. The fourth-order valence-electron chi connectivity index (χ4n) is 2.43. The van der Waals surface area contributed by atoms with Crippen LogP contribution < -0.4 is 0 Å². The van der Waals surface area contributed by atoms with Crippen molar-refractivity contribution in [3.05, 3.63) is 0 Å². The van der Waals surface area contributed by atoms with E-state index in [1.165, 1.54) is 25.9 Å². The van der Waals surface area contributed by atoms with Gasteiger partial charge in [-0.2, -0.15) is 0 Å². The van der Waals surface area contributed by atoms with Crippen LogP contribution in [0.5, 0.6) is 0 Å². The summed E-state index contributed by atoms with van der Waals surface area (Å²) >= 11 is 0. The van der Waals surface area contributed by atoms with E-state index in [2.05, 4.69) is 18.7 Å². The van der Waals surface area contributed by atoms with Crippen LogP contribution in [0.3, 0.4) is 0 Å². The lowest BCUT2D eigenvalue weighted by Crippen LogP contribution is -2.32. The number of ether oxygens (including phenoxy) is 1. The first-order chi connectivity index (χ1) is 9.52. The molecule has 4 nitrogen and oxygen atoms in total. The normalized spacial score (nSPS) is 20.9. The fourth-order valence-corrected chi connectivity index (χ4v) is 2.43. The maximum Gasteiger partial charge on any atom is 0.248 e. The number of carbonyl (C=O) groups is 1. The van der Waals surface area contributed by atoms with Crippen LogP contribution in [0.2, 0.25) is 0 Å². The summed E-state index contributed by atoms with van der Waals surface area (Å²) in [4.78, 5) is 16.0. The molecule has 20 heavy (non-hydrogen) atoms. The van der Waals surface area contributed by atoms with Gasteiger partial charge < -0.3 is 14.5 Å². The molecule has 1 aliphatic rings. The number of carbonyl (C=O) groups excluding carboxylic acids is 1. The predicted molar refractivity (Wildman–Crippen MR) is 82.8 cm³/mol. The van der Waals surface area contributed by atoms with Crippen LogP contribution in [0.4, 0.5) is 0 Å². The molecule has 1 unspecified atom stereocenters. The maximum atomic E-state index is 11.7. The molecule has 1 fully saturated rings. The van der Waals surface area contributed by atoms with E-state index in [9.17, 15) is 4.79 Å². The molecule has 0 aliphatic carbocycles. The quantitative estimate of drug-likeness (QED) is 0.719. The molecule has 0 aromatic heterocycles. The molecule has 1 rings (SSSR count). The number of amides is 1. The Morgan fingerprint density at radius 1 is 1.35 bits per heavy atom. The summed E-state index contributed by atoms with van der Waals surface area (Å²) in [6.07, 6.45) is 4.85. The number of hydrogen-bond donors (Lipinski definition) is 0. The standard InChI is InChI=1S/C16H32N2O2/c1-5-17(4)16(19)13-20-15-7-6-10-18(12-9-15)11-8-14(2)3/h14-15H,5-13H2,1-4H3. The number of likely N-dealkylation sites (tertiary alicyclic amines) is 1. The third kappa shape index (κ3) is 6.71. The zero-order valence-corrected chi connectivity index (χ0v) is 13.7. The molecular formula is C16H32N2O2. The van der Waals surface area contributed by atoms with Crippen molar-refractivity contribution in [2.24, 2.45) is 5.92 Å². The summed E-state index contributed by atoms with van der Waals surface area (Å²) in [5.41, 5.74) is 0. The summed E-state index contributed by atoms with van der Waals surface area (Å²) < 4.78 is 5.80. The van der Waals surface area contributed by atoms with Gasteiger partial charge in [-0.25, -0.2) is 0 Å². The highest BCUT2D eigenvalue weighted by Gasteiger charge is 2.19. The summed E-state index contributed by atoms with van der Waals surface area (Å²) in [5.74, 6) is 0.862. The highest BCUT2D eigenvalue weighted by atomic mass is 16.5. The minimum Gasteiger partial charge on any atom is -0.368 e. The molecule has 1 atom stereocenters. The van der Waals surface area contributed by atoms with Crippen LogP contribution in [0, 0.1) is 5.92 Å². The third-order valence-corrected chi connectivity index (χ3v) is 4.13. The lowest BCUT2D eigenvalue weighted by molar-refractivity contribution is -0.136. The van der Waals surface area contributed by atoms with Crippen molar-refractivity contribution in [2.75, 3.05) is 39.8 Å². The lowest BCUT2D eigenvalue weighted by Gasteiger charge is -2.21. The summed E-state index contributed by atoms with van der Waals surface area (Å²) in [7, 11) is 1.83. The fraction of sp³-hybridized carbons (Fsp3) is 0.938. The van der Waals surface area contributed by atoms with Crippen molar-refractivity contribution in [3.8, 4) is 0 Å². The second-order valence-electron chi connectivity index (χ2n) is 6.30. The van der Waals surface area contributed by atoms with E-state index in [0.29, 0.717) is 0 Å². The number of hydrogen-bond acceptors (Lipinski definition) is 3. The van der Waals surface area contributed by atoms with Gasteiger partial charge in [0.15, 0.2) is 0 Å². The van der Waals surface area contributed by atoms with Gasteiger partial charge in [0.25, 0.3) is 0 Å². The van der Waals surface area contributed by atoms with Crippen molar-refractivity contribution in [1.29, 1.82) is 0 Å². The van der Waals surface area contributed by atoms with Gasteiger partial charge in [-0.15, -0.1) is 0 Å². The van der Waals surface area contributed by atoms with Crippen molar-refractivity contribution in [2.45, 2.75) is 52.6 Å². The van der Waals surface area contributed by atoms with E-state index in [1.807, 2.05) is 14.0 Å². The molecule has 0 aromatic rings. The molecule has 1 heterocycles. The van der Waals surface area contributed by atoms with Crippen LogP contribution in [0.15, 0.2) is 0 Å². The van der Waals surface area contributed by atoms with Crippen molar-refractivity contribution in [3.63, 3.8) is 0 Å². The molecule has 0 N–H and O–H groups in total. The monoisotopic (exact) mass is 284 g/mol. The average Bonchev–Trinajstić information content (AvgIpc) is 2.66. The van der Waals surface area contributed by atoms with Crippen LogP contribution in [-0.2, 0) is 9.53 Å². The van der Waals surface area contributed by atoms with Gasteiger partial charge in [0.1, 0.15) is 6.61 Å². The molecule has 0 saturated carbocycles. The second kappa shape index (κ2) is 9.35. The molecule has 0 bridgehead atoms. The molecule has 0 spiro atoms. The Bertz CT molecular complexity index is 282. The average molecular weight is 284 g/mol. The minimum atomic E-state index is 0.0911. The van der Waals surface area contributed by atoms with Gasteiger partial charge in [-0.3, -0.25) is 4.79 Å². The van der Waals surface area contributed by atoms with Crippen molar-refractivity contribution in [1.82, 2.24) is 9.80 Å². The third-order valence-electron chi connectivity index (χ3n) is 4.13. The largest absolute Gasteiger partial charge is 0.368 e. The molecule has 0 aromatic carbocycles. The summed E-state index contributed by atoms with van der Waals surface area (Å²) in [5, 5.41) is 0. The number of likely N-dealkylation sites (N-methyl/N-ethyl adjacent to an activating group) is 1. The molecule has 1 amide bonds. The first-order valence-electron chi connectivity index (χ1n) is 8.10. The SMILES string of the molecule is CCN(C)C(=O)COC1CCCN(CCC(C)C)CC1. The Labute approximate surface area is 124 Å². The second-order valence-corrected chi connectivity index (χ2v) is 6.30. The summed E-state index contributed by atoms with van der Waals surface area (Å²) in [6.45, 7) is 11.0. The topological polar surface area (TPSA) is 32.8 Å². The van der Waals surface area contributed by atoms with E-state index in [1.54, 1.807) is 4.90 Å². The zero-order valence-electron chi connectivity index (χ0n) is 13.7. The lowest BCUT2D eigenvalue weighted by atomic mass is 10.1. The van der Waals surface area contributed by atoms with Crippen LogP contribution in [0.1, 0.15) is 46.5 Å². The highest BCUT2D eigenvalue weighted by Crippen LogP contribution is 2.15. The molecule has 1 aliphatic heterocycles. The van der Waals surface area contributed by atoms with E-state index in [4.69, 9.17) is 4.74 Å². The number of rotatable bonds is 7. The van der Waals surface area contributed by atoms with Gasteiger partial charge in [0.05, 0.1) is 6.10 Å². The zero-order chi connectivity index (χ0) is 15.0. The van der Waals surface area contributed by atoms with E-state index in [0.717, 1.165) is 31.8 Å². The van der Waals surface area contributed by atoms with Crippen LogP contribution >= 0.6 is 0 Å². The van der Waals surface area contributed by atoms with Crippen LogP contribution in [-0.4, -0.2) is 61.6 Å². The molecule has 0 radical (unpaired) electrons. The molecule has 118 valence electrons. The Balaban J connectivity index is 2.24. The molecule has 4 heteroatoms. The van der Waals surface area contributed by atoms with Gasteiger partial charge >= 0.3 is 0 Å². The van der Waals surface area contributed by atoms with E-state index < -0.39 is 0 Å². The minimum absolute atomic E-state index is 0.0911. The van der Waals surface area contributed by atoms with E-state index >= 15 is 0 Å². The van der Waals surface area contributed by atoms with Gasteiger partial charge in [0, 0.05) is 20.1 Å². The predicted octanol–water partition coefficient (Wildman–Crippen LogP) is 2.38. The number of nitrogens with zero attached hydrogens (tertiary/aromatic N) is 2. The first-order valence-corrected chi connectivity index (χ1v) is 8.10. The highest BCUT2D eigenvalue weighted by molar-refractivity contribution is 5.77. The molecule has 1 saturated heterocycles. The maximum absolute atomic E-state index is 11.7. The molecular weight excluding hydrogens is 252 g/mol. The van der Waals surface area contributed by atoms with Crippen LogP contribution in [0.25, 0.3) is 0 Å². The van der Waals surface area contributed by atoms with Crippen molar-refractivity contribution < 1.29 is 9.53 Å². The van der Waals surface area contributed by atoms with E-state index in [-0.39, 0.29) is 18.6 Å². The first kappa shape index (κ1) is 17.4. The summed E-state index contributed by atoms with van der Waals surface area (Å²) in [6, 6.07) is 0. The van der Waals surface area contributed by atoms with Crippen molar-refractivity contribution >= 4 is 5.91 Å². The Morgan fingerprint density at radius 3 is 2.75 bits per heavy atom. The van der Waals surface area contributed by atoms with Gasteiger partial charge in [-0.1, -0.05) is 13.8 Å².